The molecule has 1 saturated heterocycles. The lowest BCUT2D eigenvalue weighted by molar-refractivity contribution is 0.0746. The molecule has 1 aliphatic heterocycles. The van der Waals surface area contributed by atoms with Crippen molar-refractivity contribution in [2.75, 3.05) is 43.0 Å². The topological polar surface area (TPSA) is 70.6 Å². The number of hydrogen-bond acceptors (Lipinski definition) is 6. The van der Waals surface area contributed by atoms with Gasteiger partial charge in [0.1, 0.15) is 5.75 Å². The third kappa shape index (κ3) is 5.12. The van der Waals surface area contributed by atoms with Gasteiger partial charge in [0.05, 0.1) is 6.61 Å². The van der Waals surface area contributed by atoms with Crippen molar-refractivity contribution in [1.82, 2.24) is 15.1 Å². The van der Waals surface area contributed by atoms with Gasteiger partial charge < -0.3 is 19.9 Å². The number of nitrogens with zero attached hydrogens (tertiary/aromatic N) is 4. The van der Waals surface area contributed by atoms with Gasteiger partial charge in [0.25, 0.3) is 5.91 Å². The van der Waals surface area contributed by atoms with Crippen molar-refractivity contribution in [3.05, 3.63) is 71.8 Å². The standard InChI is InChI=1S/C24H27N5O2/c1-3-31-21-10-6-19(7-11-21)24(30)29-16-14-28(15-17-29)23-13-12-22(26-27-23)25-20-8-4-18(2)5-9-20/h4-13H,3,14-17H2,1-2H3,(H,25,26). The van der Waals surface area contributed by atoms with E-state index in [1.54, 1.807) is 0 Å². The highest BCUT2D eigenvalue weighted by Gasteiger charge is 2.23. The molecule has 2 heterocycles. The van der Waals surface area contributed by atoms with E-state index in [2.05, 4.69) is 39.5 Å². The molecule has 0 aliphatic carbocycles. The first kappa shape index (κ1) is 20.7. The van der Waals surface area contributed by atoms with Crippen LogP contribution < -0.4 is 15.0 Å². The number of aromatic nitrogens is 2. The van der Waals surface area contributed by atoms with Gasteiger partial charge in [-0.25, -0.2) is 0 Å². The van der Waals surface area contributed by atoms with Crippen LogP contribution in [0.1, 0.15) is 22.8 Å². The largest absolute Gasteiger partial charge is 0.494 e. The van der Waals surface area contributed by atoms with E-state index >= 15 is 0 Å². The average molecular weight is 418 g/mol. The van der Waals surface area contributed by atoms with Crippen LogP contribution in [-0.2, 0) is 0 Å². The number of anilines is 3. The second kappa shape index (κ2) is 9.47. The first-order chi connectivity index (χ1) is 15.1. The maximum Gasteiger partial charge on any atom is 0.253 e. The molecule has 1 aliphatic rings. The molecule has 7 heteroatoms. The fourth-order valence-corrected chi connectivity index (χ4v) is 3.53. The number of rotatable bonds is 6. The molecule has 31 heavy (non-hydrogen) atoms. The molecule has 7 nitrogen and oxygen atoms in total. The van der Waals surface area contributed by atoms with Crippen LogP contribution in [0.5, 0.6) is 5.75 Å². The minimum Gasteiger partial charge on any atom is -0.494 e. The maximum absolute atomic E-state index is 12.8. The van der Waals surface area contributed by atoms with Crippen molar-refractivity contribution >= 4 is 23.2 Å². The molecule has 0 unspecified atom stereocenters. The molecule has 1 N–H and O–H groups in total. The summed E-state index contributed by atoms with van der Waals surface area (Å²) >= 11 is 0. The molecule has 1 aromatic heterocycles. The average Bonchev–Trinajstić information content (AvgIpc) is 2.81. The molecule has 0 spiro atoms. The third-order valence-corrected chi connectivity index (χ3v) is 5.28. The molecule has 4 rings (SSSR count). The summed E-state index contributed by atoms with van der Waals surface area (Å²) in [7, 11) is 0. The minimum absolute atomic E-state index is 0.0476. The summed E-state index contributed by atoms with van der Waals surface area (Å²) in [6.45, 7) is 7.36. The summed E-state index contributed by atoms with van der Waals surface area (Å²) in [5.74, 6) is 2.36. The zero-order valence-corrected chi connectivity index (χ0v) is 17.9. The van der Waals surface area contributed by atoms with Gasteiger partial charge in [-0.2, -0.15) is 0 Å². The Morgan fingerprint density at radius 2 is 1.65 bits per heavy atom. The number of amides is 1. The van der Waals surface area contributed by atoms with Gasteiger partial charge in [-0.3, -0.25) is 4.79 Å². The van der Waals surface area contributed by atoms with Gasteiger partial charge in [-0.05, 0) is 62.4 Å². The van der Waals surface area contributed by atoms with E-state index in [1.165, 1.54) is 5.56 Å². The Morgan fingerprint density at radius 1 is 0.935 bits per heavy atom. The van der Waals surface area contributed by atoms with E-state index in [0.29, 0.717) is 31.1 Å². The molecule has 1 fully saturated rings. The lowest BCUT2D eigenvalue weighted by atomic mass is 10.1. The smallest absolute Gasteiger partial charge is 0.253 e. The fourth-order valence-electron chi connectivity index (χ4n) is 3.53. The Labute approximate surface area is 182 Å². The molecular weight excluding hydrogens is 390 g/mol. The van der Waals surface area contributed by atoms with Gasteiger partial charge in [0.15, 0.2) is 11.6 Å². The highest BCUT2D eigenvalue weighted by molar-refractivity contribution is 5.94. The molecule has 3 aromatic rings. The Kier molecular flexibility index (Phi) is 6.31. The Morgan fingerprint density at radius 3 is 2.26 bits per heavy atom. The molecule has 0 radical (unpaired) electrons. The molecule has 0 saturated carbocycles. The van der Waals surface area contributed by atoms with Crippen LogP contribution in [0.3, 0.4) is 0 Å². The van der Waals surface area contributed by atoms with Gasteiger partial charge in [0.2, 0.25) is 0 Å². The molecular formula is C24H27N5O2. The lowest BCUT2D eigenvalue weighted by Crippen LogP contribution is -2.49. The van der Waals surface area contributed by atoms with Crippen LogP contribution in [-0.4, -0.2) is 53.8 Å². The third-order valence-electron chi connectivity index (χ3n) is 5.28. The first-order valence-electron chi connectivity index (χ1n) is 10.6. The summed E-state index contributed by atoms with van der Waals surface area (Å²) in [6, 6.07) is 19.4. The number of aryl methyl sites for hydroxylation is 1. The zero-order valence-electron chi connectivity index (χ0n) is 17.9. The van der Waals surface area contributed by atoms with Crippen LogP contribution in [0.15, 0.2) is 60.7 Å². The number of nitrogens with one attached hydrogen (secondary N) is 1. The molecule has 0 atom stereocenters. The quantitative estimate of drug-likeness (QED) is 0.656. The summed E-state index contributed by atoms with van der Waals surface area (Å²) in [6.07, 6.45) is 0. The number of piperazine rings is 1. The Hall–Kier alpha value is -3.61. The molecule has 160 valence electrons. The summed E-state index contributed by atoms with van der Waals surface area (Å²) in [4.78, 5) is 16.8. The van der Waals surface area contributed by atoms with E-state index in [4.69, 9.17) is 4.74 Å². The monoisotopic (exact) mass is 417 g/mol. The second-order valence-corrected chi connectivity index (χ2v) is 7.50. The first-order valence-corrected chi connectivity index (χ1v) is 10.6. The summed E-state index contributed by atoms with van der Waals surface area (Å²) in [5, 5.41) is 11.9. The predicted octanol–water partition coefficient (Wildman–Crippen LogP) is 3.89. The maximum atomic E-state index is 12.8. The normalized spacial score (nSPS) is 13.7. The number of hydrogen-bond donors (Lipinski definition) is 1. The molecule has 1 amide bonds. The Bertz CT molecular complexity index is 996. The SMILES string of the molecule is CCOc1ccc(C(=O)N2CCN(c3ccc(Nc4ccc(C)cc4)nn3)CC2)cc1. The van der Waals surface area contributed by atoms with Crippen LogP contribution >= 0.6 is 0 Å². The van der Waals surface area contributed by atoms with Gasteiger partial charge in [-0.15, -0.1) is 10.2 Å². The fraction of sp³-hybridized carbons (Fsp3) is 0.292. The van der Waals surface area contributed by atoms with Crippen molar-refractivity contribution in [3.8, 4) is 5.75 Å². The minimum atomic E-state index is 0.0476. The van der Waals surface area contributed by atoms with Crippen LogP contribution in [0.25, 0.3) is 0 Å². The molecule has 0 bridgehead atoms. The zero-order chi connectivity index (χ0) is 21.6. The second-order valence-electron chi connectivity index (χ2n) is 7.50. The van der Waals surface area contributed by atoms with E-state index in [-0.39, 0.29) is 5.91 Å². The van der Waals surface area contributed by atoms with Crippen LogP contribution in [0.2, 0.25) is 0 Å². The van der Waals surface area contributed by atoms with Crippen molar-refractivity contribution in [2.45, 2.75) is 13.8 Å². The van der Waals surface area contributed by atoms with E-state index in [1.807, 2.05) is 60.4 Å². The van der Waals surface area contributed by atoms with Crippen molar-refractivity contribution < 1.29 is 9.53 Å². The number of benzene rings is 2. The summed E-state index contributed by atoms with van der Waals surface area (Å²) < 4.78 is 5.45. The van der Waals surface area contributed by atoms with Crippen LogP contribution in [0, 0.1) is 6.92 Å². The number of carbonyl (C=O) groups is 1. The predicted molar refractivity (Wildman–Crippen MR) is 122 cm³/mol. The number of carbonyl (C=O) groups excluding carboxylic acids is 1. The van der Waals surface area contributed by atoms with E-state index in [0.717, 1.165) is 30.3 Å². The highest BCUT2D eigenvalue weighted by Crippen LogP contribution is 2.19. The Balaban J connectivity index is 1.31. The summed E-state index contributed by atoms with van der Waals surface area (Å²) in [5.41, 5.74) is 2.88. The van der Waals surface area contributed by atoms with Gasteiger partial charge in [0, 0.05) is 37.4 Å². The molecule has 2 aromatic carbocycles. The lowest BCUT2D eigenvalue weighted by Gasteiger charge is -2.35. The van der Waals surface area contributed by atoms with Gasteiger partial charge >= 0.3 is 0 Å². The number of ether oxygens (including phenoxy) is 1. The van der Waals surface area contributed by atoms with Crippen LogP contribution in [0.4, 0.5) is 17.3 Å². The highest BCUT2D eigenvalue weighted by atomic mass is 16.5. The van der Waals surface area contributed by atoms with Crippen molar-refractivity contribution in [2.24, 2.45) is 0 Å². The van der Waals surface area contributed by atoms with E-state index < -0.39 is 0 Å². The van der Waals surface area contributed by atoms with Gasteiger partial charge in [-0.1, -0.05) is 17.7 Å². The van der Waals surface area contributed by atoms with E-state index in [9.17, 15) is 4.79 Å². The van der Waals surface area contributed by atoms with Crippen molar-refractivity contribution in [3.63, 3.8) is 0 Å². The van der Waals surface area contributed by atoms with Crippen molar-refractivity contribution in [1.29, 1.82) is 0 Å².